The zero-order chi connectivity index (χ0) is 20.1. The zero-order valence-corrected chi connectivity index (χ0v) is 17.2. The van der Waals surface area contributed by atoms with E-state index in [4.69, 9.17) is 0 Å². The number of nitrogens with zero attached hydrogens (tertiary/aromatic N) is 4. The highest BCUT2D eigenvalue weighted by Crippen LogP contribution is 2.43. The Kier molecular flexibility index (Phi) is 4.95. The molecular weight excluding hydrogens is 399 g/mol. The van der Waals surface area contributed by atoms with Gasteiger partial charge in [0.1, 0.15) is 17.0 Å². The molecule has 0 aromatic carbocycles. The first-order valence-corrected chi connectivity index (χ1v) is 11.2. The third kappa shape index (κ3) is 4.09. The lowest BCUT2D eigenvalue weighted by Gasteiger charge is -2.49. The molecule has 158 valence electrons. The van der Waals surface area contributed by atoms with Gasteiger partial charge in [0.25, 0.3) is 0 Å². The van der Waals surface area contributed by atoms with Crippen LogP contribution in [-0.4, -0.2) is 66.9 Å². The monoisotopic (exact) mass is 425 g/mol. The number of fused-ring (bicyclic) bond motifs is 1. The summed E-state index contributed by atoms with van der Waals surface area (Å²) in [6.45, 7) is 7.59. The van der Waals surface area contributed by atoms with Crippen molar-refractivity contribution < 1.29 is 13.2 Å². The van der Waals surface area contributed by atoms with Crippen molar-refractivity contribution >= 4 is 27.4 Å². The van der Waals surface area contributed by atoms with Gasteiger partial charge < -0.3 is 15.1 Å². The Morgan fingerprint density at radius 2 is 1.97 bits per heavy atom. The number of hydrogen-bond acceptors (Lipinski definition) is 6. The number of hydrogen-bond donors (Lipinski definition) is 1. The molecule has 3 saturated heterocycles. The number of thiophene rings is 1. The van der Waals surface area contributed by atoms with E-state index in [9.17, 15) is 13.2 Å². The normalized spacial score (nSPS) is 23.2. The fraction of sp³-hybridized carbons (Fsp3) is 0.700. The number of aromatic nitrogens is 2. The highest BCUT2D eigenvalue weighted by atomic mass is 32.1. The summed E-state index contributed by atoms with van der Waals surface area (Å²) in [6, 6.07) is 1.64. The van der Waals surface area contributed by atoms with Crippen molar-refractivity contribution in [2.45, 2.75) is 31.9 Å². The predicted molar refractivity (Wildman–Crippen MR) is 108 cm³/mol. The Morgan fingerprint density at radius 3 is 2.72 bits per heavy atom. The van der Waals surface area contributed by atoms with Gasteiger partial charge in [-0.2, -0.15) is 13.2 Å². The Morgan fingerprint density at radius 1 is 1.17 bits per heavy atom. The van der Waals surface area contributed by atoms with Crippen molar-refractivity contribution in [1.82, 2.24) is 20.2 Å². The molecule has 29 heavy (non-hydrogen) atoms. The summed E-state index contributed by atoms with van der Waals surface area (Å²) in [5, 5.41) is 4.19. The van der Waals surface area contributed by atoms with Crippen molar-refractivity contribution in [3.8, 4) is 0 Å². The Bertz CT molecular complexity index is 871. The van der Waals surface area contributed by atoms with Gasteiger partial charge in [-0.15, -0.1) is 11.3 Å². The lowest BCUT2D eigenvalue weighted by Crippen LogP contribution is -2.58. The van der Waals surface area contributed by atoms with E-state index in [1.54, 1.807) is 6.07 Å². The van der Waals surface area contributed by atoms with Crippen LogP contribution >= 0.6 is 11.3 Å². The van der Waals surface area contributed by atoms with Gasteiger partial charge in [0, 0.05) is 43.0 Å². The van der Waals surface area contributed by atoms with E-state index < -0.39 is 12.6 Å². The van der Waals surface area contributed by atoms with E-state index in [-0.39, 0.29) is 0 Å². The summed E-state index contributed by atoms with van der Waals surface area (Å²) in [4.78, 5) is 14.5. The molecule has 2 aromatic rings. The van der Waals surface area contributed by atoms with Gasteiger partial charge in [-0.05, 0) is 44.3 Å². The molecule has 5 nitrogen and oxygen atoms in total. The molecule has 1 spiro atoms. The smallest absolute Gasteiger partial charge is 0.355 e. The van der Waals surface area contributed by atoms with Gasteiger partial charge in [0.05, 0.1) is 11.8 Å². The van der Waals surface area contributed by atoms with Crippen molar-refractivity contribution in [1.29, 1.82) is 0 Å². The number of likely N-dealkylation sites (tertiary alicyclic amines) is 1. The van der Waals surface area contributed by atoms with E-state index in [0.29, 0.717) is 15.1 Å². The summed E-state index contributed by atoms with van der Waals surface area (Å²) in [7, 11) is 0. The minimum absolute atomic E-state index is 0.306. The average Bonchev–Trinajstić information content (AvgIpc) is 3.24. The molecule has 0 aliphatic carbocycles. The van der Waals surface area contributed by atoms with Crippen LogP contribution in [-0.2, 0) is 6.42 Å². The second-order valence-corrected chi connectivity index (χ2v) is 10.1. The van der Waals surface area contributed by atoms with Crippen LogP contribution in [0, 0.1) is 11.3 Å². The van der Waals surface area contributed by atoms with Crippen molar-refractivity contribution in [2.75, 3.05) is 50.7 Å². The number of alkyl halides is 3. The fourth-order valence-corrected chi connectivity index (χ4v) is 6.29. The first-order chi connectivity index (χ1) is 13.9. The topological polar surface area (TPSA) is 44.3 Å². The number of nitrogens with one attached hydrogen (secondary N) is 1. The van der Waals surface area contributed by atoms with Crippen LogP contribution in [0.5, 0.6) is 0 Å². The van der Waals surface area contributed by atoms with Gasteiger partial charge >= 0.3 is 6.18 Å². The summed E-state index contributed by atoms with van der Waals surface area (Å²) >= 11 is 1.13. The van der Waals surface area contributed by atoms with E-state index >= 15 is 0 Å². The first-order valence-electron chi connectivity index (χ1n) is 10.4. The lowest BCUT2D eigenvalue weighted by atomic mass is 9.78. The quantitative estimate of drug-likeness (QED) is 0.814. The molecule has 0 amide bonds. The molecule has 5 heterocycles. The number of halogens is 3. The van der Waals surface area contributed by atoms with Gasteiger partial charge in [0.2, 0.25) is 0 Å². The number of piperidine rings is 1. The van der Waals surface area contributed by atoms with Crippen molar-refractivity contribution in [3.63, 3.8) is 0 Å². The fourth-order valence-electron chi connectivity index (χ4n) is 5.26. The van der Waals surface area contributed by atoms with Crippen LogP contribution in [0.15, 0.2) is 12.4 Å². The maximum absolute atomic E-state index is 12.8. The van der Waals surface area contributed by atoms with Crippen LogP contribution in [0.1, 0.15) is 24.1 Å². The van der Waals surface area contributed by atoms with Gasteiger partial charge in [-0.1, -0.05) is 0 Å². The number of anilines is 1. The largest absolute Gasteiger partial charge is 0.393 e. The molecule has 0 radical (unpaired) electrons. The minimum Gasteiger partial charge on any atom is -0.355 e. The first kappa shape index (κ1) is 19.5. The molecule has 2 aromatic heterocycles. The van der Waals surface area contributed by atoms with Crippen LogP contribution in [0.4, 0.5) is 19.0 Å². The summed E-state index contributed by atoms with van der Waals surface area (Å²) in [6.07, 6.45) is 0.0560. The van der Waals surface area contributed by atoms with Gasteiger partial charge in [-0.3, -0.25) is 0 Å². The molecule has 0 atom stereocenters. The van der Waals surface area contributed by atoms with E-state index in [0.717, 1.165) is 74.1 Å². The molecule has 0 bridgehead atoms. The second-order valence-electron chi connectivity index (χ2n) is 8.96. The van der Waals surface area contributed by atoms with E-state index in [1.165, 1.54) is 25.7 Å². The highest BCUT2D eigenvalue weighted by molar-refractivity contribution is 7.18. The van der Waals surface area contributed by atoms with Gasteiger partial charge in [-0.25, -0.2) is 9.97 Å². The van der Waals surface area contributed by atoms with Crippen LogP contribution in [0.25, 0.3) is 10.2 Å². The molecule has 0 saturated carbocycles. The molecular formula is C20H26F3N5S. The summed E-state index contributed by atoms with van der Waals surface area (Å²) in [5.74, 6) is 1.61. The Hall–Kier alpha value is -1.45. The SMILES string of the molecule is FC(F)(F)Cc1cc2c(N3CCC4(CN(CC5CCNCC5)C4)C3)ncnc2s1. The average molecular weight is 426 g/mol. The zero-order valence-electron chi connectivity index (χ0n) is 16.3. The summed E-state index contributed by atoms with van der Waals surface area (Å²) < 4.78 is 38.3. The van der Waals surface area contributed by atoms with Gasteiger partial charge in [0.15, 0.2) is 0 Å². The van der Waals surface area contributed by atoms with E-state index in [1.807, 2.05) is 0 Å². The molecule has 3 aliphatic heterocycles. The third-order valence-corrected chi connectivity index (χ3v) is 7.61. The highest BCUT2D eigenvalue weighted by Gasteiger charge is 2.48. The van der Waals surface area contributed by atoms with Crippen LogP contribution in [0.2, 0.25) is 0 Å². The molecule has 3 aliphatic rings. The Balaban J connectivity index is 1.25. The molecule has 9 heteroatoms. The predicted octanol–water partition coefficient (Wildman–Crippen LogP) is 3.31. The van der Waals surface area contributed by atoms with E-state index in [2.05, 4.69) is 25.1 Å². The lowest BCUT2D eigenvalue weighted by molar-refractivity contribution is -0.126. The Labute approximate surface area is 172 Å². The second kappa shape index (κ2) is 7.35. The standard InChI is InChI=1S/C20H26F3N5S/c21-20(22,23)8-15-7-16-17(25-13-26-18(16)29-15)28-6-3-19(12-28)10-27(11-19)9-14-1-4-24-5-2-14/h7,13-14,24H,1-6,8-12H2. The maximum Gasteiger partial charge on any atom is 0.393 e. The van der Waals surface area contributed by atoms with Crippen LogP contribution in [0.3, 0.4) is 0 Å². The van der Waals surface area contributed by atoms with Crippen molar-refractivity contribution in [2.24, 2.45) is 11.3 Å². The maximum atomic E-state index is 12.8. The molecule has 3 fully saturated rings. The molecule has 5 rings (SSSR count). The third-order valence-electron chi connectivity index (χ3n) is 6.57. The summed E-state index contributed by atoms with van der Waals surface area (Å²) in [5.41, 5.74) is 0.314. The van der Waals surface area contributed by atoms with Crippen LogP contribution < -0.4 is 10.2 Å². The number of rotatable bonds is 4. The van der Waals surface area contributed by atoms with Crippen molar-refractivity contribution in [3.05, 3.63) is 17.3 Å². The molecule has 0 unspecified atom stereocenters. The minimum atomic E-state index is -4.20. The molecule has 1 N–H and O–H groups in total.